The first-order valence-electron chi connectivity index (χ1n) is 6.02. The molecule has 2 nitrogen and oxygen atoms in total. The number of hydrogen-bond acceptors (Lipinski definition) is 3. The lowest BCUT2D eigenvalue weighted by Crippen LogP contribution is -2.11. The highest BCUT2D eigenvalue weighted by molar-refractivity contribution is 7.99. The van der Waals surface area contributed by atoms with Gasteiger partial charge in [0.1, 0.15) is 11.5 Å². The molecule has 0 bridgehead atoms. The van der Waals surface area contributed by atoms with Gasteiger partial charge in [-0.3, -0.25) is 0 Å². The van der Waals surface area contributed by atoms with Crippen molar-refractivity contribution in [2.24, 2.45) is 0 Å². The second-order valence-corrected chi connectivity index (χ2v) is 5.16. The van der Waals surface area contributed by atoms with E-state index in [0.717, 1.165) is 16.7 Å². The molecule has 0 aliphatic heterocycles. The zero-order valence-corrected chi connectivity index (χ0v) is 11.3. The fourth-order valence-electron chi connectivity index (χ4n) is 1.56. The first-order chi connectivity index (χ1) is 9.55. The average molecular weight is 298 g/mol. The third-order valence-electron chi connectivity index (χ3n) is 2.46. The molecule has 20 heavy (non-hydrogen) atoms. The van der Waals surface area contributed by atoms with Crippen molar-refractivity contribution in [1.29, 1.82) is 0 Å². The number of benzene rings is 1. The summed E-state index contributed by atoms with van der Waals surface area (Å²) < 4.78 is 37.4. The minimum atomic E-state index is -4.41. The Balaban J connectivity index is 1.83. The summed E-state index contributed by atoms with van der Waals surface area (Å²) in [6.45, 7) is 0.549. The Morgan fingerprint density at radius 3 is 2.45 bits per heavy atom. The third kappa shape index (κ3) is 4.45. The highest BCUT2D eigenvalue weighted by Crippen LogP contribution is 2.28. The van der Waals surface area contributed by atoms with Crippen LogP contribution in [-0.4, -0.2) is 17.3 Å². The zero-order valence-electron chi connectivity index (χ0n) is 10.5. The minimum absolute atomic E-state index is 0.244. The lowest BCUT2D eigenvalue weighted by molar-refractivity contribution is -0.141. The van der Waals surface area contributed by atoms with E-state index >= 15 is 0 Å². The summed E-state index contributed by atoms with van der Waals surface area (Å²) in [5, 5.41) is 2.90. The van der Waals surface area contributed by atoms with Gasteiger partial charge in [0.05, 0.1) is 0 Å². The fourth-order valence-corrected chi connectivity index (χ4v) is 2.35. The first kappa shape index (κ1) is 14.7. The molecule has 0 saturated carbocycles. The summed E-state index contributed by atoms with van der Waals surface area (Å²) in [4.78, 5) is 4.67. The molecule has 1 aromatic heterocycles. The van der Waals surface area contributed by atoms with Crippen LogP contribution in [0.1, 0.15) is 5.69 Å². The number of pyridine rings is 1. The molecule has 0 unspecified atom stereocenters. The van der Waals surface area contributed by atoms with Gasteiger partial charge in [-0.1, -0.05) is 24.3 Å². The topological polar surface area (TPSA) is 24.9 Å². The van der Waals surface area contributed by atoms with Crippen molar-refractivity contribution in [2.75, 3.05) is 17.6 Å². The number of halogens is 3. The van der Waals surface area contributed by atoms with Gasteiger partial charge in [-0.2, -0.15) is 13.2 Å². The number of nitrogens with zero attached hydrogens (tertiary/aromatic N) is 1. The van der Waals surface area contributed by atoms with E-state index in [-0.39, 0.29) is 5.82 Å². The second kappa shape index (κ2) is 6.65. The van der Waals surface area contributed by atoms with Crippen molar-refractivity contribution < 1.29 is 13.2 Å². The number of aromatic nitrogens is 1. The molecule has 0 amide bonds. The van der Waals surface area contributed by atoms with Crippen molar-refractivity contribution in [2.45, 2.75) is 11.1 Å². The summed E-state index contributed by atoms with van der Waals surface area (Å²) >= 11 is 1.64. The SMILES string of the molecule is FC(F)(F)c1cccc(NCCSc2ccccc2)n1. The van der Waals surface area contributed by atoms with E-state index in [1.807, 2.05) is 30.3 Å². The van der Waals surface area contributed by atoms with E-state index in [2.05, 4.69) is 10.3 Å². The first-order valence-corrected chi connectivity index (χ1v) is 7.00. The van der Waals surface area contributed by atoms with Gasteiger partial charge in [-0.15, -0.1) is 11.8 Å². The van der Waals surface area contributed by atoms with Gasteiger partial charge in [0.15, 0.2) is 0 Å². The predicted octanol–water partition coefficient (Wildman–Crippen LogP) is 4.30. The molecule has 0 spiro atoms. The van der Waals surface area contributed by atoms with Crippen molar-refractivity contribution >= 4 is 17.6 Å². The summed E-state index contributed by atoms with van der Waals surface area (Å²) in [6.07, 6.45) is -4.41. The largest absolute Gasteiger partial charge is 0.433 e. The molecular formula is C14H13F3N2S. The maximum Gasteiger partial charge on any atom is 0.433 e. The minimum Gasteiger partial charge on any atom is -0.369 e. The Labute approximate surface area is 119 Å². The van der Waals surface area contributed by atoms with E-state index in [1.54, 1.807) is 11.8 Å². The quantitative estimate of drug-likeness (QED) is 0.658. The van der Waals surface area contributed by atoms with E-state index in [4.69, 9.17) is 0 Å². The monoisotopic (exact) mass is 298 g/mol. The molecule has 0 radical (unpaired) electrons. The van der Waals surface area contributed by atoms with Crippen LogP contribution in [-0.2, 0) is 6.18 Å². The molecule has 2 rings (SSSR count). The van der Waals surface area contributed by atoms with Gasteiger partial charge >= 0.3 is 6.18 Å². The molecular weight excluding hydrogens is 285 g/mol. The lowest BCUT2D eigenvalue weighted by atomic mass is 10.3. The van der Waals surface area contributed by atoms with Crippen LogP contribution in [0, 0.1) is 0 Å². The zero-order chi connectivity index (χ0) is 14.4. The fraction of sp³-hybridized carbons (Fsp3) is 0.214. The van der Waals surface area contributed by atoms with Crippen molar-refractivity contribution in [3.05, 3.63) is 54.2 Å². The van der Waals surface area contributed by atoms with Gasteiger partial charge in [-0.05, 0) is 24.3 Å². The molecule has 1 N–H and O–H groups in total. The summed E-state index contributed by atoms with van der Waals surface area (Å²) in [7, 11) is 0. The molecule has 2 aromatic rings. The van der Waals surface area contributed by atoms with Crippen molar-refractivity contribution in [3.63, 3.8) is 0 Å². The van der Waals surface area contributed by atoms with Crippen LogP contribution in [0.25, 0.3) is 0 Å². The predicted molar refractivity (Wildman–Crippen MR) is 74.9 cm³/mol. The number of rotatable bonds is 5. The lowest BCUT2D eigenvalue weighted by Gasteiger charge is -2.09. The van der Waals surface area contributed by atoms with Gasteiger partial charge < -0.3 is 5.32 Å². The van der Waals surface area contributed by atoms with E-state index in [0.29, 0.717) is 6.54 Å². The number of nitrogens with one attached hydrogen (secondary N) is 1. The third-order valence-corrected chi connectivity index (χ3v) is 3.47. The van der Waals surface area contributed by atoms with Crippen LogP contribution < -0.4 is 5.32 Å². The van der Waals surface area contributed by atoms with Crippen molar-refractivity contribution in [1.82, 2.24) is 4.98 Å². The van der Waals surface area contributed by atoms with E-state index in [9.17, 15) is 13.2 Å². The highest BCUT2D eigenvalue weighted by Gasteiger charge is 2.32. The Kier molecular flexibility index (Phi) is 4.89. The van der Waals surface area contributed by atoms with Gasteiger partial charge in [0, 0.05) is 17.2 Å². The van der Waals surface area contributed by atoms with Crippen LogP contribution in [0.5, 0.6) is 0 Å². The van der Waals surface area contributed by atoms with Crippen LogP contribution in [0.15, 0.2) is 53.4 Å². The molecule has 6 heteroatoms. The standard InChI is InChI=1S/C14H13F3N2S/c15-14(16,17)12-7-4-8-13(19-12)18-9-10-20-11-5-2-1-3-6-11/h1-8H,9-10H2,(H,18,19). The Morgan fingerprint density at radius 2 is 1.75 bits per heavy atom. The molecule has 0 atom stereocenters. The van der Waals surface area contributed by atoms with Crippen LogP contribution in [0.2, 0.25) is 0 Å². The van der Waals surface area contributed by atoms with Gasteiger partial charge in [-0.25, -0.2) is 4.98 Å². The highest BCUT2D eigenvalue weighted by atomic mass is 32.2. The average Bonchev–Trinajstić information content (AvgIpc) is 2.44. The number of hydrogen-bond donors (Lipinski definition) is 1. The molecule has 0 saturated heterocycles. The van der Waals surface area contributed by atoms with Gasteiger partial charge in [0.25, 0.3) is 0 Å². The van der Waals surface area contributed by atoms with Crippen LogP contribution in [0.3, 0.4) is 0 Å². The second-order valence-electron chi connectivity index (χ2n) is 3.99. The Bertz CT molecular complexity index is 544. The molecule has 106 valence electrons. The van der Waals surface area contributed by atoms with E-state index < -0.39 is 11.9 Å². The normalized spacial score (nSPS) is 11.3. The molecule has 0 aliphatic carbocycles. The summed E-state index contributed by atoms with van der Waals surface area (Å²) in [5.74, 6) is 0.996. The summed E-state index contributed by atoms with van der Waals surface area (Å²) in [6, 6.07) is 13.7. The van der Waals surface area contributed by atoms with Crippen LogP contribution >= 0.6 is 11.8 Å². The van der Waals surface area contributed by atoms with Crippen LogP contribution in [0.4, 0.5) is 19.0 Å². The smallest absolute Gasteiger partial charge is 0.369 e. The van der Waals surface area contributed by atoms with Crippen molar-refractivity contribution in [3.8, 4) is 0 Å². The Hall–Kier alpha value is -1.69. The number of thioether (sulfide) groups is 1. The number of anilines is 1. The molecule has 0 fully saturated rings. The van der Waals surface area contributed by atoms with Gasteiger partial charge in [0.2, 0.25) is 0 Å². The maximum atomic E-state index is 12.5. The molecule has 0 aliphatic rings. The molecule has 1 heterocycles. The molecule has 1 aromatic carbocycles. The van der Waals surface area contributed by atoms with E-state index in [1.165, 1.54) is 12.1 Å². The number of alkyl halides is 3. The maximum absolute atomic E-state index is 12.5. The Morgan fingerprint density at radius 1 is 1.00 bits per heavy atom. The summed E-state index contributed by atoms with van der Waals surface area (Å²) in [5.41, 5.74) is -0.877.